The van der Waals surface area contributed by atoms with E-state index in [1.807, 2.05) is 10.7 Å². The Labute approximate surface area is 150 Å². The summed E-state index contributed by atoms with van der Waals surface area (Å²) >= 11 is 0. The van der Waals surface area contributed by atoms with E-state index >= 15 is 0 Å². The van der Waals surface area contributed by atoms with E-state index in [0.717, 1.165) is 22.6 Å². The van der Waals surface area contributed by atoms with Gasteiger partial charge in [-0.05, 0) is 31.7 Å². The normalized spacial score (nSPS) is 21.5. The molecule has 8 nitrogen and oxygen atoms in total. The zero-order valence-electron chi connectivity index (χ0n) is 14.8. The fraction of sp³-hybridized carbons (Fsp3) is 0.444. The maximum Gasteiger partial charge on any atom is 0.319 e. The molecule has 0 amide bonds. The fourth-order valence-electron chi connectivity index (χ4n) is 4.31. The zero-order chi connectivity index (χ0) is 17.7. The number of methoxy groups -OCH3 is 2. The highest BCUT2D eigenvalue weighted by molar-refractivity contribution is 5.77. The van der Waals surface area contributed by atoms with Crippen molar-refractivity contribution >= 4 is 11.3 Å². The lowest BCUT2D eigenvalue weighted by Crippen LogP contribution is -2.28. The molecule has 0 radical (unpaired) electrons. The monoisotopic (exact) mass is 352 g/mol. The number of rotatable bonds is 4. The number of hydrogen-bond donors (Lipinski definition) is 0. The van der Waals surface area contributed by atoms with Crippen molar-refractivity contribution in [3.8, 4) is 23.1 Å². The molecule has 26 heavy (non-hydrogen) atoms. The van der Waals surface area contributed by atoms with Gasteiger partial charge in [0.15, 0.2) is 5.65 Å². The number of fused-ring (bicyclic) bond motifs is 3. The van der Waals surface area contributed by atoms with Gasteiger partial charge in [0.1, 0.15) is 5.69 Å². The SMILES string of the molecule is COc1ncc(-c2cc(N3C4CCC3CC4)c3nccn3n2)c(OC)n1. The average Bonchev–Trinajstić information content (AvgIpc) is 3.42. The Kier molecular flexibility index (Phi) is 3.44. The minimum absolute atomic E-state index is 0.270. The molecule has 2 saturated heterocycles. The van der Waals surface area contributed by atoms with Crippen molar-refractivity contribution in [1.29, 1.82) is 0 Å². The van der Waals surface area contributed by atoms with Crippen LogP contribution in [0.4, 0.5) is 5.69 Å². The molecular weight excluding hydrogens is 332 g/mol. The Bertz CT molecular complexity index is 951. The van der Waals surface area contributed by atoms with E-state index in [0.29, 0.717) is 18.0 Å². The molecule has 0 aromatic carbocycles. The average molecular weight is 352 g/mol. The van der Waals surface area contributed by atoms with E-state index in [9.17, 15) is 0 Å². The minimum Gasteiger partial charge on any atom is -0.480 e. The van der Waals surface area contributed by atoms with Crippen LogP contribution in [0.15, 0.2) is 24.7 Å². The van der Waals surface area contributed by atoms with Gasteiger partial charge < -0.3 is 14.4 Å². The first-order valence-corrected chi connectivity index (χ1v) is 8.86. The predicted octanol–water partition coefficient (Wildman–Crippen LogP) is 2.33. The number of anilines is 1. The molecule has 3 aromatic heterocycles. The molecule has 2 fully saturated rings. The summed E-state index contributed by atoms with van der Waals surface area (Å²) in [5.74, 6) is 0.444. The van der Waals surface area contributed by atoms with Crippen molar-refractivity contribution in [1.82, 2.24) is 24.6 Å². The van der Waals surface area contributed by atoms with E-state index in [1.165, 1.54) is 32.8 Å². The molecule has 0 unspecified atom stereocenters. The van der Waals surface area contributed by atoms with E-state index < -0.39 is 0 Å². The largest absolute Gasteiger partial charge is 0.480 e. The van der Waals surface area contributed by atoms with Crippen LogP contribution in [0.3, 0.4) is 0 Å². The molecule has 0 aliphatic carbocycles. The lowest BCUT2D eigenvalue weighted by atomic mass is 10.0. The van der Waals surface area contributed by atoms with Gasteiger partial charge in [-0.15, -0.1) is 0 Å². The van der Waals surface area contributed by atoms with Gasteiger partial charge in [-0.1, -0.05) is 0 Å². The van der Waals surface area contributed by atoms with Gasteiger partial charge in [-0.25, -0.2) is 14.5 Å². The summed E-state index contributed by atoms with van der Waals surface area (Å²) in [6.45, 7) is 0. The van der Waals surface area contributed by atoms with Crippen LogP contribution in [-0.4, -0.2) is 50.9 Å². The molecule has 0 saturated carbocycles. The molecule has 5 rings (SSSR count). The van der Waals surface area contributed by atoms with Gasteiger partial charge in [-0.2, -0.15) is 10.1 Å². The van der Waals surface area contributed by atoms with Gasteiger partial charge in [0.05, 0.1) is 25.5 Å². The highest BCUT2D eigenvalue weighted by atomic mass is 16.5. The Balaban J connectivity index is 1.68. The highest BCUT2D eigenvalue weighted by Crippen LogP contribution is 2.43. The van der Waals surface area contributed by atoms with Crippen LogP contribution >= 0.6 is 0 Å². The number of imidazole rings is 1. The van der Waals surface area contributed by atoms with Gasteiger partial charge in [0.2, 0.25) is 5.88 Å². The smallest absolute Gasteiger partial charge is 0.319 e. The second-order valence-electron chi connectivity index (χ2n) is 6.76. The topological polar surface area (TPSA) is 77.7 Å². The molecule has 0 atom stereocenters. The Hall–Kier alpha value is -2.90. The second kappa shape index (κ2) is 5.82. The third kappa shape index (κ3) is 2.21. The Morgan fingerprint density at radius 3 is 2.50 bits per heavy atom. The molecule has 2 bridgehead atoms. The van der Waals surface area contributed by atoms with Crippen molar-refractivity contribution in [3.05, 3.63) is 24.7 Å². The first kappa shape index (κ1) is 15.4. The van der Waals surface area contributed by atoms with Crippen LogP contribution in [0.5, 0.6) is 11.9 Å². The van der Waals surface area contributed by atoms with Crippen LogP contribution in [0.1, 0.15) is 25.7 Å². The van der Waals surface area contributed by atoms with Crippen LogP contribution < -0.4 is 14.4 Å². The van der Waals surface area contributed by atoms with Crippen molar-refractivity contribution in [2.75, 3.05) is 19.1 Å². The van der Waals surface area contributed by atoms with Crippen LogP contribution in [0.2, 0.25) is 0 Å². The maximum absolute atomic E-state index is 5.45. The molecule has 0 spiro atoms. The fourth-order valence-corrected chi connectivity index (χ4v) is 4.31. The third-order valence-corrected chi connectivity index (χ3v) is 5.45. The summed E-state index contributed by atoms with van der Waals surface area (Å²) < 4.78 is 12.4. The molecule has 8 heteroatoms. The Morgan fingerprint density at radius 2 is 1.81 bits per heavy atom. The number of ether oxygens (including phenoxy) is 2. The maximum atomic E-state index is 5.45. The van der Waals surface area contributed by atoms with Gasteiger partial charge in [0.25, 0.3) is 0 Å². The van der Waals surface area contributed by atoms with Gasteiger partial charge in [-0.3, -0.25) is 0 Å². The molecule has 134 valence electrons. The summed E-state index contributed by atoms with van der Waals surface area (Å²) in [5.41, 5.74) is 3.51. The zero-order valence-corrected chi connectivity index (χ0v) is 14.8. The van der Waals surface area contributed by atoms with E-state index in [1.54, 1.807) is 19.5 Å². The van der Waals surface area contributed by atoms with Crippen LogP contribution in [-0.2, 0) is 0 Å². The van der Waals surface area contributed by atoms with Gasteiger partial charge >= 0.3 is 6.01 Å². The van der Waals surface area contributed by atoms with E-state index in [2.05, 4.69) is 25.9 Å². The van der Waals surface area contributed by atoms with E-state index in [-0.39, 0.29) is 6.01 Å². The van der Waals surface area contributed by atoms with Crippen LogP contribution in [0, 0.1) is 0 Å². The highest BCUT2D eigenvalue weighted by Gasteiger charge is 2.40. The first-order valence-electron chi connectivity index (χ1n) is 8.86. The molecular formula is C18H20N6O2. The first-order chi connectivity index (χ1) is 12.8. The Morgan fingerprint density at radius 1 is 1.04 bits per heavy atom. The van der Waals surface area contributed by atoms with Crippen molar-refractivity contribution < 1.29 is 9.47 Å². The second-order valence-corrected chi connectivity index (χ2v) is 6.76. The molecule has 2 aliphatic heterocycles. The predicted molar refractivity (Wildman–Crippen MR) is 95.6 cm³/mol. The minimum atomic E-state index is 0.270. The number of aromatic nitrogens is 5. The summed E-state index contributed by atoms with van der Waals surface area (Å²) in [6, 6.07) is 3.56. The summed E-state index contributed by atoms with van der Waals surface area (Å²) in [7, 11) is 3.12. The quantitative estimate of drug-likeness (QED) is 0.713. The summed E-state index contributed by atoms with van der Waals surface area (Å²) in [6.07, 6.45) is 10.4. The van der Waals surface area contributed by atoms with Crippen molar-refractivity contribution in [2.45, 2.75) is 37.8 Å². The van der Waals surface area contributed by atoms with Crippen LogP contribution in [0.25, 0.3) is 16.9 Å². The molecule has 5 heterocycles. The number of nitrogens with zero attached hydrogens (tertiary/aromatic N) is 6. The molecule has 0 N–H and O–H groups in total. The molecule has 2 aliphatic rings. The third-order valence-electron chi connectivity index (χ3n) is 5.45. The van der Waals surface area contributed by atoms with E-state index in [4.69, 9.17) is 14.6 Å². The lowest BCUT2D eigenvalue weighted by Gasteiger charge is -2.25. The number of hydrogen-bond acceptors (Lipinski definition) is 7. The summed E-state index contributed by atoms with van der Waals surface area (Å²) in [5, 5.41) is 4.70. The summed E-state index contributed by atoms with van der Waals surface area (Å²) in [4.78, 5) is 15.6. The van der Waals surface area contributed by atoms with Crippen molar-refractivity contribution in [3.63, 3.8) is 0 Å². The lowest BCUT2D eigenvalue weighted by molar-refractivity contribution is 0.353. The van der Waals surface area contributed by atoms with Crippen molar-refractivity contribution in [2.24, 2.45) is 0 Å². The molecule has 3 aromatic rings. The standard InChI is InChI=1S/C18H20N6O2/c1-25-17-13(10-20-18(21-17)26-2)14-9-15(16-19-7-8-23(16)22-14)24-11-3-4-12(24)6-5-11/h7-12H,3-6H2,1-2H3. The van der Waals surface area contributed by atoms with Gasteiger partial charge in [0, 0.05) is 30.7 Å².